The van der Waals surface area contributed by atoms with E-state index < -0.39 is 0 Å². The average molecular weight is 230 g/mol. The van der Waals surface area contributed by atoms with E-state index in [0.29, 0.717) is 11.8 Å². The Morgan fingerprint density at radius 3 is 3.18 bits per heavy atom. The lowest BCUT2D eigenvalue weighted by atomic mass is 10.1. The Hall–Kier alpha value is -2.37. The van der Waals surface area contributed by atoms with Gasteiger partial charge in [0.1, 0.15) is 0 Å². The molecule has 0 unspecified atom stereocenters. The average Bonchev–Trinajstić information content (AvgIpc) is 2.93. The monoisotopic (exact) mass is 230 g/mol. The van der Waals surface area contributed by atoms with Crippen molar-refractivity contribution < 1.29 is 4.42 Å². The van der Waals surface area contributed by atoms with Crippen LogP contribution in [0.1, 0.15) is 11.3 Å². The number of H-pyrrole nitrogens is 1. The van der Waals surface area contributed by atoms with Crippen LogP contribution in [0.3, 0.4) is 0 Å². The number of aromatic nitrogens is 4. The Morgan fingerprint density at radius 2 is 2.41 bits per heavy atom. The molecule has 0 spiro atoms. The van der Waals surface area contributed by atoms with Gasteiger partial charge in [-0.25, -0.2) is 5.10 Å². The van der Waals surface area contributed by atoms with Crippen LogP contribution in [-0.2, 0) is 13.5 Å². The molecule has 3 aromatic heterocycles. The summed E-state index contributed by atoms with van der Waals surface area (Å²) in [6.07, 6.45) is 5.43. The van der Waals surface area contributed by atoms with E-state index in [1.165, 1.54) is 0 Å². The van der Waals surface area contributed by atoms with Gasteiger partial charge in [0.25, 0.3) is 5.56 Å². The van der Waals surface area contributed by atoms with Crippen LogP contribution in [0.25, 0.3) is 10.9 Å². The number of furan rings is 1. The van der Waals surface area contributed by atoms with Gasteiger partial charge in [-0.2, -0.15) is 10.2 Å². The first-order valence-corrected chi connectivity index (χ1v) is 5.16. The van der Waals surface area contributed by atoms with Crippen molar-refractivity contribution in [2.45, 2.75) is 6.42 Å². The first-order valence-electron chi connectivity index (χ1n) is 5.16. The SMILES string of the molecule is Cn1ncc2c(=O)[nH]nc(Cc3ccoc3)c21. The minimum Gasteiger partial charge on any atom is -0.472 e. The van der Waals surface area contributed by atoms with Crippen molar-refractivity contribution in [3.05, 3.63) is 46.4 Å². The minimum atomic E-state index is -0.218. The van der Waals surface area contributed by atoms with Crippen LogP contribution in [0.2, 0.25) is 0 Å². The molecule has 3 rings (SSSR count). The third-order valence-corrected chi connectivity index (χ3v) is 2.70. The summed E-state index contributed by atoms with van der Waals surface area (Å²) < 4.78 is 6.67. The maximum absolute atomic E-state index is 11.6. The zero-order chi connectivity index (χ0) is 11.8. The fraction of sp³-hybridized carbons (Fsp3) is 0.182. The fourth-order valence-electron chi connectivity index (χ4n) is 1.89. The van der Waals surface area contributed by atoms with Crippen molar-refractivity contribution in [3.63, 3.8) is 0 Å². The number of hydrogen-bond acceptors (Lipinski definition) is 4. The van der Waals surface area contributed by atoms with E-state index in [4.69, 9.17) is 4.42 Å². The normalized spacial score (nSPS) is 11.1. The van der Waals surface area contributed by atoms with Crippen molar-refractivity contribution in [1.29, 1.82) is 0 Å². The van der Waals surface area contributed by atoms with E-state index >= 15 is 0 Å². The second-order valence-electron chi connectivity index (χ2n) is 3.84. The quantitative estimate of drug-likeness (QED) is 0.707. The van der Waals surface area contributed by atoms with Gasteiger partial charge in [0, 0.05) is 13.5 Å². The number of aryl methyl sites for hydroxylation is 1. The molecule has 0 aromatic carbocycles. The molecule has 0 saturated carbocycles. The molecule has 3 heterocycles. The summed E-state index contributed by atoms with van der Waals surface area (Å²) in [7, 11) is 1.79. The number of aromatic amines is 1. The molecule has 0 aliphatic heterocycles. The highest BCUT2D eigenvalue weighted by Crippen LogP contribution is 2.15. The van der Waals surface area contributed by atoms with Crippen molar-refractivity contribution in [2.24, 2.45) is 7.05 Å². The van der Waals surface area contributed by atoms with Gasteiger partial charge in [0.05, 0.1) is 35.3 Å². The van der Waals surface area contributed by atoms with Gasteiger partial charge in [-0.15, -0.1) is 0 Å². The topological polar surface area (TPSA) is 76.7 Å². The molecule has 6 heteroatoms. The van der Waals surface area contributed by atoms with Crippen LogP contribution in [0.15, 0.2) is 34.0 Å². The Bertz CT molecular complexity index is 709. The van der Waals surface area contributed by atoms with Crippen LogP contribution >= 0.6 is 0 Å². The number of rotatable bonds is 2. The standard InChI is InChI=1S/C11H10N4O2/c1-15-10-8(5-12-15)11(16)14-13-9(10)4-7-2-3-17-6-7/h2-3,5-6H,4H2,1H3,(H,14,16). The minimum absolute atomic E-state index is 0.218. The van der Waals surface area contributed by atoms with Gasteiger partial charge in [-0.3, -0.25) is 9.48 Å². The summed E-state index contributed by atoms with van der Waals surface area (Å²) in [6.45, 7) is 0. The Morgan fingerprint density at radius 1 is 1.53 bits per heavy atom. The molecule has 0 aliphatic rings. The second-order valence-corrected chi connectivity index (χ2v) is 3.84. The third kappa shape index (κ3) is 1.54. The number of nitrogens with zero attached hydrogens (tertiary/aromatic N) is 3. The lowest BCUT2D eigenvalue weighted by molar-refractivity contribution is 0.564. The van der Waals surface area contributed by atoms with Crippen LogP contribution in [0.4, 0.5) is 0 Å². The molecule has 17 heavy (non-hydrogen) atoms. The van der Waals surface area contributed by atoms with Crippen molar-refractivity contribution in [3.8, 4) is 0 Å². The molecule has 3 aromatic rings. The summed E-state index contributed by atoms with van der Waals surface area (Å²) in [5.74, 6) is 0. The maximum atomic E-state index is 11.6. The van der Waals surface area contributed by atoms with Crippen LogP contribution in [0, 0.1) is 0 Å². The van der Waals surface area contributed by atoms with Crippen LogP contribution < -0.4 is 5.56 Å². The first-order chi connectivity index (χ1) is 8.25. The lowest BCUT2D eigenvalue weighted by Gasteiger charge is -2.01. The molecule has 0 fully saturated rings. The third-order valence-electron chi connectivity index (χ3n) is 2.70. The fourth-order valence-corrected chi connectivity index (χ4v) is 1.89. The lowest BCUT2D eigenvalue weighted by Crippen LogP contribution is -2.11. The van der Waals surface area contributed by atoms with E-state index in [9.17, 15) is 4.79 Å². The summed E-state index contributed by atoms with van der Waals surface area (Å²) in [5, 5.41) is 11.2. The second kappa shape index (κ2) is 3.58. The van der Waals surface area contributed by atoms with Gasteiger partial charge in [0.15, 0.2) is 0 Å². The van der Waals surface area contributed by atoms with Gasteiger partial charge in [-0.05, 0) is 11.6 Å². The predicted molar refractivity (Wildman–Crippen MR) is 60.6 cm³/mol. The maximum Gasteiger partial charge on any atom is 0.275 e. The number of fused-ring (bicyclic) bond motifs is 1. The van der Waals surface area contributed by atoms with E-state index in [1.807, 2.05) is 6.07 Å². The van der Waals surface area contributed by atoms with Gasteiger partial charge in [-0.1, -0.05) is 0 Å². The Labute approximate surface area is 95.9 Å². The molecule has 0 saturated heterocycles. The molecule has 6 nitrogen and oxygen atoms in total. The van der Waals surface area contributed by atoms with E-state index in [1.54, 1.807) is 30.5 Å². The predicted octanol–water partition coefficient (Wildman–Crippen LogP) is 0.840. The molecule has 0 atom stereocenters. The molecule has 86 valence electrons. The zero-order valence-electron chi connectivity index (χ0n) is 9.17. The number of hydrogen-bond donors (Lipinski definition) is 1. The summed E-state index contributed by atoms with van der Waals surface area (Å²) >= 11 is 0. The van der Waals surface area contributed by atoms with Gasteiger partial charge >= 0.3 is 0 Å². The number of nitrogens with one attached hydrogen (secondary N) is 1. The molecule has 0 bridgehead atoms. The van der Waals surface area contributed by atoms with Crippen molar-refractivity contribution in [2.75, 3.05) is 0 Å². The Kier molecular flexibility index (Phi) is 2.07. The molecular weight excluding hydrogens is 220 g/mol. The highest BCUT2D eigenvalue weighted by atomic mass is 16.3. The summed E-state index contributed by atoms with van der Waals surface area (Å²) in [4.78, 5) is 11.6. The highest BCUT2D eigenvalue weighted by Gasteiger charge is 2.11. The van der Waals surface area contributed by atoms with E-state index in [2.05, 4.69) is 15.3 Å². The van der Waals surface area contributed by atoms with Gasteiger partial charge in [0.2, 0.25) is 0 Å². The Balaban J connectivity index is 2.20. The molecule has 0 radical (unpaired) electrons. The van der Waals surface area contributed by atoms with Crippen molar-refractivity contribution >= 4 is 10.9 Å². The summed E-state index contributed by atoms with van der Waals surface area (Å²) in [6, 6.07) is 1.87. The highest BCUT2D eigenvalue weighted by molar-refractivity contribution is 5.79. The molecule has 0 amide bonds. The van der Waals surface area contributed by atoms with Crippen LogP contribution in [0.5, 0.6) is 0 Å². The molecule has 0 aliphatic carbocycles. The van der Waals surface area contributed by atoms with Gasteiger partial charge < -0.3 is 4.42 Å². The smallest absolute Gasteiger partial charge is 0.275 e. The first kappa shape index (κ1) is 9.83. The van der Waals surface area contributed by atoms with E-state index in [-0.39, 0.29) is 5.56 Å². The van der Waals surface area contributed by atoms with Crippen molar-refractivity contribution in [1.82, 2.24) is 20.0 Å². The molecule has 1 N–H and O–H groups in total. The van der Waals surface area contributed by atoms with E-state index in [0.717, 1.165) is 16.8 Å². The zero-order valence-corrected chi connectivity index (χ0v) is 9.17. The largest absolute Gasteiger partial charge is 0.472 e. The summed E-state index contributed by atoms with van der Waals surface area (Å²) in [5.41, 5.74) is 2.33. The van der Waals surface area contributed by atoms with Crippen LogP contribution in [-0.4, -0.2) is 20.0 Å². The molecular formula is C11H10N4O2.